The predicted molar refractivity (Wildman–Crippen MR) is 108 cm³/mol. The molecule has 0 bridgehead atoms. The first-order chi connectivity index (χ1) is 14.0. The minimum absolute atomic E-state index is 0.0169. The second kappa shape index (κ2) is 9.01. The van der Waals surface area contributed by atoms with Crippen LogP contribution in [0.4, 0.5) is 4.39 Å². The summed E-state index contributed by atoms with van der Waals surface area (Å²) in [6.07, 6.45) is 1.38. The van der Waals surface area contributed by atoms with Crippen LogP contribution in [0.1, 0.15) is 36.1 Å². The number of hydrogen-bond donors (Lipinski definition) is 1. The normalized spacial score (nSPS) is 18.4. The summed E-state index contributed by atoms with van der Waals surface area (Å²) < 4.78 is 18.5. The highest BCUT2D eigenvalue weighted by Gasteiger charge is 2.45. The summed E-state index contributed by atoms with van der Waals surface area (Å²) in [6, 6.07) is 12.0. The van der Waals surface area contributed by atoms with Gasteiger partial charge in [0, 0.05) is 25.8 Å². The van der Waals surface area contributed by atoms with Crippen LogP contribution in [0, 0.1) is 5.82 Å². The Kier molecular flexibility index (Phi) is 6.44. The number of benzene rings is 2. The van der Waals surface area contributed by atoms with Gasteiger partial charge in [-0.2, -0.15) is 0 Å². The molecule has 0 aromatic heterocycles. The Hall–Kier alpha value is -2.99. The van der Waals surface area contributed by atoms with E-state index < -0.39 is 23.5 Å². The van der Waals surface area contributed by atoms with E-state index in [2.05, 4.69) is 0 Å². The molecule has 0 aliphatic carbocycles. The topological polar surface area (TPSA) is 66.8 Å². The molecule has 1 fully saturated rings. The minimum Gasteiger partial charge on any atom is -0.507 e. The first kappa shape index (κ1) is 20.7. The van der Waals surface area contributed by atoms with E-state index in [-0.39, 0.29) is 17.9 Å². The van der Waals surface area contributed by atoms with Gasteiger partial charge in [-0.25, -0.2) is 4.39 Å². The summed E-state index contributed by atoms with van der Waals surface area (Å²) in [5.41, 5.74) is 2.14. The molecule has 0 radical (unpaired) electrons. The van der Waals surface area contributed by atoms with Gasteiger partial charge in [0.1, 0.15) is 11.6 Å². The lowest BCUT2D eigenvalue weighted by Crippen LogP contribution is -2.31. The fraction of sp³-hybridized carbons (Fsp3) is 0.304. The van der Waals surface area contributed by atoms with Crippen LogP contribution in [0.5, 0.6) is 0 Å². The van der Waals surface area contributed by atoms with Gasteiger partial charge < -0.3 is 14.7 Å². The summed E-state index contributed by atoms with van der Waals surface area (Å²) in [5, 5.41) is 10.9. The average Bonchev–Trinajstić information content (AvgIpc) is 2.99. The standard InChI is InChI=1S/C23H24FNO4/c1-3-15-5-7-17(8-6-15)21(26)19-20(16-9-11-18(24)12-10-16)25(13-4-14-29-2)23(28)22(19)27/h5-12,20,26H,3-4,13-14H2,1-2H3/b21-19-. The number of Topliss-reactive ketones (excluding diaryl/α,β-unsaturated/α-hetero) is 1. The van der Waals surface area contributed by atoms with Gasteiger partial charge in [0.25, 0.3) is 11.7 Å². The number of methoxy groups -OCH3 is 1. The quantitative estimate of drug-likeness (QED) is 0.334. The molecular weight excluding hydrogens is 373 g/mol. The number of halogens is 1. The Balaban J connectivity index is 2.09. The van der Waals surface area contributed by atoms with Crippen LogP contribution in [0.3, 0.4) is 0 Å². The van der Waals surface area contributed by atoms with E-state index in [9.17, 15) is 19.1 Å². The maximum absolute atomic E-state index is 13.4. The van der Waals surface area contributed by atoms with Gasteiger partial charge in [-0.05, 0) is 36.1 Å². The molecule has 0 spiro atoms. The number of aliphatic hydroxyl groups is 1. The first-order valence-electron chi connectivity index (χ1n) is 9.60. The van der Waals surface area contributed by atoms with Crippen molar-refractivity contribution in [3.05, 3.63) is 76.6 Å². The van der Waals surface area contributed by atoms with Crippen LogP contribution in [0.15, 0.2) is 54.1 Å². The molecule has 1 aliphatic rings. The monoisotopic (exact) mass is 397 g/mol. The Bertz CT molecular complexity index is 919. The number of amides is 1. The molecule has 29 heavy (non-hydrogen) atoms. The lowest BCUT2D eigenvalue weighted by molar-refractivity contribution is -0.140. The fourth-order valence-electron chi connectivity index (χ4n) is 3.54. The van der Waals surface area contributed by atoms with Crippen molar-refractivity contribution in [3.63, 3.8) is 0 Å². The van der Waals surface area contributed by atoms with Gasteiger partial charge in [0.15, 0.2) is 0 Å². The molecule has 1 heterocycles. The van der Waals surface area contributed by atoms with Gasteiger partial charge in [-0.15, -0.1) is 0 Å². The zero-order chi connectivity index (χ0) is 21.0. The number of aliphatic hydroxyl groups excluding tert-OH is 1. The van der Waals surface area contributed by atoms with Crippen molar-refractivity contribution in [2.45, 2.75) is 25.8 Å². The molecular formula is C23H24FNO4. The highest BCUT2D eigenvalue weighted by molar-refractivity contribution is 6.46. The van der Waals surface area contributed by atoms with Crippen molar-refractivity contribution < 1.29 is 23.8 Å². The second-order valence-electron chi connectivity index (χ2n) is 6.94. The summed E-state index contributed by atoms with van der Waals surface area (Å²) in [6.45, 7) is 2.73. The van der Waals surface area contributed by atoms with Crippen LogP contribution in [-0.2, 0) is 20.7 Å². The predicted octanol–water partition coefficient (Wildman–Crippen LogP) is 3.85. The zero-order valence-electron chi connectivity index (χ0n) is 16.5. The van der Waals surface area contributed by atoms with Crippen molar-refractivity contribution in [2.75, 3.05) is 20.3 Å². The van der Waals surface area contributed by atoms with E-state index in [1.807, 2.05) is 19.1 Å². The van der Waals surface area contributed by atoms with Gasteiger partial charge in [0.05, 0.1) is 11.6 Å². The third-order valence-electron chi connectivity index (χ3n) is 5.11. The molecule has 152 valence electrons. The van der Waals surface area contributed by atoms with Crippen molar-refractivity contribution in [2.24, 2.45) is 0 Å². The van der Waals surface area contributed by atoms with E-state index in [4.69, 9.17) is 4.74 Å². The Morgan fingerprint density at radius 3 is 2.34 bits per heavy atom. The molecule has 1 aliphatic heterocycles. The first-order valence-corrected chi connectivity index (χ1v) is 9.60. The SMILES string of the molecule is CCc1ccc(/C(O)=C2/C(=O)C(=O)N(CCCOC)C2c2ccc(F)cc2)cc1. The second-order valence-corrected chi connectivity index (χ2v) is 6.94. The van der Waals surface area contributed by atoms with Gasteiger partial charge in [-0.1, -0.05) is 43.3 Å². The molecule has 1 N–H and O–H groups in total. The summed E-state index contributed by atoms with van der Waals surface area (Å²) in [5.74, 6) is -2.06. The lowest BCUT2D eigenvalue weighted by Gasteiger charge is -2.25. The van der Waals surface area contributed by atoms with E-state index in [1.54, 1.807) is 19.2 Å². The van der Waals surface area contributed by atoms with Crippen molar-refractivity contribution >= 4 is 17.4 Å². The van der Waals surface area contributed by atoms with Gasteiger partial charge in [0.2, 0.25) is 0 Å². The smallest absolute Gasteiger partial charge is 0.295 e. The molecule has 1 saturated heterocycles. The van der Waals surface area contributed by atoms with Crippen LogP contribution in [-0.4, -0.2) is 42.0 Å². The van der Waals surface area contributed by atoms with Gasteiger partial charge in [-0.3, -0.25) is 9.59 Å². The Morgan fingerprint density at radius 2 is 1.76 bits per heavy atom. The molecule has 1 atom stereocenters. The molecule has 2 aromatic carbocycles. The number of hydrogen-bond acceptors (Lipinski definition) is 4. The maximum atomic E-state index is 13.4. The molecule has 1 amide bonds. The van der Waals surface area contributed by atoms with Crippen LogP contribution < -0.4 is 0 Å². The van der Waals surface area contributed by atoms with Crippen molar-refractivity contribution in [3.8, 4) is 0 Å². The van der Waals surface area contributed by atoms with Crippen LogP contribution >= 0.6 is 0 Å². The molecule has 3 rings (SSSR count). The maximum Gasteiger partial charge on any atom is 0.295 e. The highest BCUT2D eigenvalue weighted by atomic mass is 19.1. The summed E-state index contributed by atoms with van der Waals surface area (Å²) in [7, 11) is 1.56. The third-order valence-corrected chi connectivity index (χ3v) is 5.11. The number of carbonyl (C=O) groups excluding carboxylic acids is 2. The van der Waals surface area contributed by atoms with E-state index in [0.717, 1.165) is 12.0 Å². The number of nitrogens with zero attached hydrogens (tertiary/aromatic N) is 1. The number of ketones is 1. The number of likely N-dealkylation sites (tertiary alicyclic amines) is 1. The van der Waals surface area contributed by atoms with Crippen LogP contribution in [0.2, 0.25) is 0 Å². The number of carbonyl (C=O) groups is 2. The Morgan fingerprint density at radius 1 is 1.10 bits per heavy atom. The minimum atomic E-state index is -0.779. The summed E-state index contributed by atoms with van der Waals surface area (Å²) >= 11 is 0. The molecule has 6 heteroatoms. The van der Waals surface area contributed by atoms with E-state index >= 15 is 0 Å². The largest absolute Gasteiger partial charge is 0.507 e. The zero-order valence-corrected chi connectivity index (χ0v) is 16.5. The van der Waals surface area contributed by atoms with Crippen molar-refractivity contribution in [1.29, 1.82) is 0 Å². The highest BCUT2D eigenvalue weighted by Crippen LogP contribution is 2.39. The lowest BCUT2D eigenvalue weighted by atomic mass is 9.95. The molecule has 2 aromatic rings. The Labute approximate surface area is 169 Å². The van der Waals surface area contributed by atoms with Gasteiger partial charge >= 0.3 is 0 Å². The molecule has 0 saturated carbocycles. The van der Waals surface area contributed by atoms with E-state index in [0.29, 0.717) is 24.2 Å². The molecule has 5 nitrogen and oxygen atoms in total. The molecule has 1 unspecified atom stereocenters. The number of ether oxygens (including phenoxy) is 1. The average molecular weight is 397 g/mol. The number of aryl methyl sites for hydroxylation is 1. The fourth-order valence-corrected chi connectivity index (χ4v) is 3.54. The summed E-state index contributed by atoms with van der Waals surface area (Å²) in [4.78, 5) is 27.0. The third kappa shape index (κ3) is 4.22. The van der Waals surface area contributed by atoms with Crippen molar-refractivity contribution in [1.82, 2.24) is 4.90 Å². The number of rotatable bonds is 7. The van der Waals surface area contributed by atoms with E-state index in [1.165, 1.54) is 29.2 Å². The van der Waals surface area contributed by atoms with Crippen LogP contribution in [0.25, 0.3) is 5.76 Å².